The summed E-state index contributed by atoms with van der Waals surface area (Å²) in [5, 5.41) is 2.53. The summed E-state index contributed by atoms with van der Waals surface area (Å²) in [5.74, 6) is -0.461. The smallest absolute Gasteiger partial charge is 0.398 e. The van der Waals surface area contributed by atoms with Gasteiger partial charge in [0, 0.05) is 49.1 Å². The number of nitrogens with zero attached hydrogens (tertiary/aromatic N) is 4. The zero-order valence-electron chi connectivity index (χ0n) is 19.2. The Morgan fingerprint density at radius 2 is 2.00 bits per heavy atom. The van der Waals surface area contributed by atoms with Crippen molar-refractivity contribution in [2.75, 3.05) is 18.5 Å². The molecule has 3 heterocycles. The number of anilines is 1. The number of hydrogen-bond donors (Lipinski definition) is 2. The molecule has 0 bridgehead atoms. The molecular weight excluding hydrogens is 477 g/mol. The van der Waals surface area contributed by atoms with Crippen molar-refractivity contribution < 1.29 is 22.7 Å². The zero-order valence-corrected chi connectivity index (χ0v) is 19.2. The van der Waals surface area contributed by atoms with Gasteiger partial charge in [-0.1, -0.05) is 0 Å². The zero-order chi connectivity index (χ0) is 26.1. The van der Waals surface area contributed by atoms with Crippen LogP contribution in [0.15, 0.2) is 77.0 Å². The quantitative estimate of drug-likeness (QED) is 0.342. The molecule has 0 aliphatic heterocycles. The maximum Gasteiger partial charge on any atom is 0.433 e. The van der Waals surface area contributed by atoms with Gasteiger partial charge in [-0.15, -0.1) is 0 Å². The number of allylic oxidation sites excluding steroid dienone is 1. The van der Waals surface area contributed by atoms with Crippen LogP contribution >= 0.6 is 0 Å². The number of aliphatic imine (C=N–C) groups is 1. The topological polar surface area (TPSA) is 124 Å². The Hall–Kier alpha value is -4.32. The van der Waals surface area contributed by atoms with Crippen molar-refractivity contribution in [2.45, 2.75) is 19.6 Å². The third-order valence-corrected chi connectivity index (χ3v) is 4.74. The molecule has 0 spiro atoms. The van der Waals surface area contributed by atoms with E-state index in [9.17, 15) is 22.8 Å². The lowest BCUT2D eigenvalue weighted by Gasteiger charge is -2.10. The molecule has 0 aliphatic rings. The summed E-state index contributed by atoms with van der Waals surface area (Å²) >= 11 is 0. The lowest BCUT2D eigenvalue weighted by atomic mass is 10.1. The highest BCUT2D eigenvalue weighted by Gasteiger charge is 2.34. The normalized spacial score (nSPS) is 12.4. The van der Waals surface area contributed by atoms with E-state index in [0.717, 1.165) is 6.20 Å². The summed E-state index contributed by atoms with van der Waals surface area (Å²) in [6, 6.07) is 8.27. The van der Waals surface area contributed by atoms with Crippen LogP contribution < -0.4 is 16.6 Å². The largest absolute Gasteiger partial charge is 0.433 e. The molecule has 0 radical (unpaired) electrons. The minimum Gasteiger partial charge on any atom is -0.398 e. The van der Waals surface area contributed by atoms with Crippen LogP contribution in [0.5, 0.6) is 0 Å². The van der Waals surface area contributed by atoms with Crippen molar-refractivity contribution in [1.29, 1.82) is 0 Å². The second kappa shape index (κ2) is 11.9. The Bertz CT molecular complexity index is 1300. The number of carbonyl (C=O) groups is 1. The molecule has 0 fully saturated rings. The Labute approximate surface area is 204 Å². The van der Waals surface area contributed by atoms with Crippen molar-refractivity contribution in [3.8, 4) is 0 Å². The van der Waals surface area contributed by atoms with Crippen LogP contribution in [0.2, 0.25) is 0 Å². The van der Waals surface area contributed by atoms with Crippen molar-refractivity contribution in [3.05, 3.63) is 88.7 Å². The highest BCUT2D eigenvalue weighted by Crippen LogP contribution is 2.24. The molecule has 0 aromatic carbocycles. The minimum absolute atomic E-state index is 0.0880. The number of carbonyl (C=O) groups excluding carboxylic acids is 1. The lowest BCUT2D eigenvalue weighted by molar-refractivity contribution is -0.0576. The Kier molecular flexibility index (Phi) is 8.68. The number of nitrogens with two attached hydrogens (primary N) is 1. The third-order valence-electron chi connectivity index (χ3n) is 4.74. The van der Waals surface area contributed by atoms with E-state index in [1.807, 2.05) is 6.92 Å². The van der Waals surface area contributed by atoms with Crippen LogP contribution in [-0.2, 0) is 11.3 Å². The van der Waals surface area contributed by atoms with Crippen LogP contribution in [0.1, 0.15) is 22.8 Å². The Morgan fingerprint density at radius 1 is 1.19 bits per heavy atom. The van der Waals surface area contributed by atoms with Gasteiger partial charge in [0.25, 0.3) is 11.5 Å². The van der Waals surface area contributed by atoms with Crippen LogP contribution in [0.4, 0.5) is 24.7 Å². The molecule has 3 N–H and O–H groups in total. The predicted octanol–water partition coefficient (Wildman–Crippen LogP) is 3.56. The first-order chi connectivity index (χ1) is 17.2. The number of halogens is 3. The van der Waals surface area contributed by atoms with Gasteiger partial charge >= 0.3 is 6.18 Å². The third kappa shape index (κ3) is 7.34. The number of alkyl halides is 3. The van der Waals surface area contributed by atoms with Gasteiger partial charge in [0.15, 0.2) is 0 Å². The van der Waals surface area contributed by atoms with Gasteiger partial charge in [0.1, 0.15) is 11.5 Å². The van der Waals surface area contributed by atoms with Gasteiger partial charge in [0.05, 0.1) is 24.1 Å². The van der Waals surface area contributed by atoms with E-state index in [-0.39, 0.29) is 34.9 Å². The van der Waals surface area contributed by atoms with Gasteiger partial charge in [-0.3, -0.25) is 14.6 Å². The monoisotopic (exact) mass is 500 g/mol. The molecule has 188 valence electrons. The Morgan fingerprint density at radius 3 is 2.64 bits per heavy atom. The molecule has 12 heteroatoms. The van der Waals surface area contributed by atoms with Crippen LogP contribution in [0.3, 0.4) is 0 Å². The molecule has 0 saturated heterocycles. The second-order valence-electron chi connectivity index (χ2n) is 7.34. The molecule has 3 aromatic heterocycles. The molecule has 36 heavy (non-hydrogen) atoms. The summed E-state index contributed by atoms with van der Waals surface area (Å²) in [5.41, 5.74) is 4.53. The van der Waals surface area contributed by atoms with E-state index in [1.165, 1.54) is 53.5 Å². The highest BCUT2D eigenvalue weighted by molar-refractivity contribution is 6.05. The number of pyridine rings is 3. The van der Waals surface area contributed by atoms with E-state index < -0.39 is 17.8 Å². The second-order valence-corrected chi connectivity index (χ2v) is 7.34. The predicted molar refractivity (Wildman–Crippen MR) is 129 cm³/mol. The number of rotatable bonds is 9. The van der Waals surface area contributed by atoms with E-state index in [0.29, 0.717) is 24.9 Å². The molecule has 3 aromatic rings. The fraction of sp³-hybridized carbons (Fsp3) is 0.208. The molecule has 0 saturated carbocycles. The van der Waals surface area contributed by atoms with Crippen molar-refractivity contribution in [2.24, 2.45) is 10.7 Å². The van der Waals surface area contributed by atoms with E-state index >= 15 is 0 Å². The molecule has 3 rings (SSSR count). The average molecular weight is 500 g/mol. The fourth-order valence-electron chi connectivity index (χ4n) is 2.94. The molecule has 0 atom stereocenters. The number of aromatic nitrogens is 3. The summed E-state index contributed by atoms with van der Waals surface area (Å²) in [4.78, 5) is 35.9. The van der Waals surface area contributed by atoms with E-state index in [4.69, 9.17) is 10.5 Å². The SMILES string of the molecule is CCOCCn1cc(C(=O)Nc2ccc(N=C(C=C(N)c3cccnc3)C(F)(F)F)cn2)ccc1=O. The highest BCUT2D eigenvalue weighted by atomic mass is 19.4. The fourth-order valence-corrected chi connectivity index (χ4v) is 2.94. The summed E-state index contributed by atoms with van der Waals surface area (Å²) < 4.78 is 47.1. The van der Waals surface area contributed by atoms with Crippen molar-refractivity contribution in [3.63, 3.8) is 0 Å². The van der Waals surface area contributed by atoms with Gasteiger partial charge in [-0.25, -0.2) is 9.98 Å². The summed E-state index contributed by atoms with van der Waals surface area (Å²) in [6.07, 6.45) is 1.23. The van der Waals surface area contributed by atoms with Crippen LogP contribution in [0.25, 0.3) is 5.70 Å². The molecule has 1 amide bonds. The first kappa shape index (κ1) is 26.3. The van der Waals surface area contributed by atoms with Gasteiger partial charge in [-0.05, 0) is 43.3 Å². The first-order valence-electron chi connectivity index (χ1n) is 10.8. The van der Waals surface area contributed by atoms with Gasteiger partial charge in [-0.2, -0.15) is 13.2 Å². The van der Waals surface area contributed by atoms with E-state index in [2.05, 4.69) is 20.3 Å². The molecule has 9 nitrogen and oxygen atoms in total. The number of amides is 1. The summed E-state index contributed by atoms with van der Waals surface area (Å²) in [7, 11) is 0. The maximum atomic E-state index is 13.5. The van der Waals surface area contributed by atoms with Gasteiger partial charge < -0.3 is 20.4 Å². The van der Waals surface area contributed by atoms with Crippen LogP contribution in [0, 0.1) is 0 Å². The average Bonchev–Trinajstić information content (AvgIpc) is 2.86. The molecule has 0 aliphatic carbocycles. The summed E-state index contributed by atoms with van der Waals surface area (Å²) in [6.45, 7) is 2.92. The number of hydrogen-bond acceptors (Lipinski definition) is 7. The maximum absolute atomic E-state index is 13.5. The molecule has 0 unspecified atom stereocenters. The standard InChI is InChI=1S/C24H23F3N6O3/c1-2-36-11-10-33-15-17(5-8-22(33)34)23(35)32-21-7-6-18(14-30-21)31-20(24(25,26)27)12-19(28)16-4-3-9-29-13-16/h3-9,12-15H,2,10-11,28H2,1H3,(H,30,32,35). The van der Waals surface area contributed by atoms with Crippen molar-refractivity contribution >= 4 is 28.8 Å². The Balaban J connectivity index is 1.76. The minimum atomic E-state index is -4.77. The van der Waals surface area contributed by atoms with Gasteiger partial charge in [0.2, 0.25) is 0 Å². The lowest BCUT2D eigenvalue weighted by Crippen LogP contribution is -2.24. The first-order valence-corrected chi connectivity index (χ1v) is 10.8. The van der Waals surface area contributed by atoms with E-state index in [1.54, 1.807) is 6.07 Å². The van der Waals surface area contributed by atoms with Crippen LogP contribution in [-0.4, -0.2) is 45.5 Å². The number of ether oxygens (including phenoxy) is 1. The van der Waals surface area contributed by atoms with Crippen molar-refractivity contribution in [1.82, 2.24) is 14.5 Å². The molecular formula is C24H23F3N6O3. The number of nitrogens with one attached hydrogen (secondary N) is 1.